The maximum Gasteiger partial charge on any atom is 0.416 e. The standard InChI is InChI=1S/C21H11ClF3N5/c22-15-6-8-18-20(9-15)30-16(11-27-28-30)10-19-17(26-12-29(18)19)7-3-13-1-4-14(5-2-13)21(23,24)25/h1-2,4-6,8-9,11-12H,10H2. The highest BCUT2D eigenvalue weighted by molar-refractivity contribution is 6.30. The molecule has 1 aliphatic heterocycles. The number of imidazole rings is 1. The summed E-state index contributed by atoms with van der Waals surface area (Å²) < 4.78 is 41.8. The summed E-state index contributed by atoms with van der Waals surface area (Å²) >= 11 is 6.17. The van der Waals surface area contributed by atoms with Crippen LogP contribution in [0.1, 0.15) is 28.2 Å². The fourth-order valence-corrected chi connectivity index (χ4v) is 3.52. The molecular weight excluding hydrogens is 415 g/mol. The van der Waals surface area contributed by atoms with E-state index < -0.39 is 11.7 Å². The Labute approximate surface area is 173 Å². The molecular formula is C21H11ClF3N5. The van der Waals surface area contributed by atoms with Crippen LogP contribution in [0.2, 0.25) is 5.02 Å². The van der Waals surface area contributed by atoms with Crippen LogP contribution in [-0.2, 0) is 12.6 Å². The highest BCUT2D eigenvalue weighted by Gasteiger charge is 2.29. The van der Waals surface area contributed by atoms with E-state index in [1.165, 1.54) is 12.1 Å². The zero-order chi connectivity index (χ0) is 20.9. The lowest BCUT2D eigenvalue weighted by atomic mass is 10.1. The Morgan fingerprint density at radius 2 is 1.80 bits per heavy atom. The largest absolute Gasteiger partial charge is 0.416 e. The lowest BCUT2D eigenvalue weighted by Gasteiger charge is -2.09. The second kappa shape index (κ2) is 6.75. The molecule has 2 aromatic heterocycles. The van der Waals surface area contributed by atoms with Crippen LogP contribution in [0.3, 0.4) is 0 Å². The van der Waals surface area contributed by atoms with Crippen LogP contribution in [0.15, 0.2) is 55.0 Å². The van der Waals surface area contributed by atoms with E-state index in [-0.39, 0.29) is 0 Å². The topological polar surface area (TPSA) is 48.5 Å². The Bertz CT molecular complexity index is 1320. The van der Waals surface area contributed by atoms with Gasteiger partial charge in [0, 0.05) is 17.0 Å². The van der Waals surface area contributed by atoms with Crippen LogP contribution in [-0.4, -0.2) is 24.5 Å². The highest BCUT2D eigenvalue weighted by atomic mass is 35.5. The SMILES string of the molecule is FC(F)(F)c1ccc(C#Cc2ncn3c2Cc2cnnn2-c2cc(Cl)ccc2-3)cc1. The normalized spacial score (nSPS) is 12.3. The molecule has 0 N–H and O–H groups in total. The van der Waals surface area contributed by atoms with Gasteiger partial charge in [-0.3, -0.25) is 4.57 Å². The zero-order valence-corrected chi connectivity index (χ0v) is 15.9. The van der Waals surface area contributed by atoms with E-state index in [2.05, 4.69) is 27.1 Å². The third-order valence-corrected chi connectivity index (χ3v) is 5.03. The van der Waals surface area contributed by atoms with Crippen LogP contribution >= 0.6 is 11.6 Å². The van der Waals surface area contributed by atoms with Crippen molar-refractivity contribution in [3.63, 3.8) is 0 Å². The molecule has 1 aliphatic rings. The van der Waals surface area contributed by atoms with Gasteiger partial charge >= 0.3 is 6.18 Å². The Morgan fingerprint density at radius 1 is 1.00 bits per heavy atom. The van der Waals surface area contributed by atoms with Crippen LogP contribution in [0.4, 0.5) is 13.2 Å². The molecule has 5 rings (SSSR count). The average molecular weight is 426 g/mol. The summed E-state index contributed by atoms with van der Waals surface area (Å²) in [6.07, 6.45) is -0.560. The molecule has 0 bridgehead atoms. The maximum absolute atomic E-state index is 12.7. The van der Waals surface area contributed by atoms with Crippen molar-refractivity contribution in [1.29, 1.82) is 0 Å². The summed E-state index contributed by atoms with van der Waals surface area (Å²) in [7, 11) is 0. The number of hydrogen-bond donors (Lipinski definition) is 0. The molecule has 0 spiro atoms. The summed E-state index contributed by atoms with van der Waals surface area (Å²) in [5, 5.41) is 8.72. The van der Waals surface area contributed by atoms with E-state index in [4.69, 9.17) is 11.6 Å². The molecule has 0 amide bonds. The number of halogens is 4. The first-order chi connectivity index (χ1) is 14.4. The Kier molecular flexibility index (Phi) is 4.15. The van der Waals surface area contributed by atoms with Gasteiger partial charge in [0.1, 0.15) is 12.0 Å². The van der Waals surface area contributed by atoms with Crippen LogP contribution in [0, 0.1) is 11.8 Å². The first kappa shape index (κ1) is 18.5. The minimum Gasteiger partial charge on any atom is -0.299 e. The minimum atomic E-state index is -4.37. The Hall–Kier alpha value is -3.57. The van der Waals surface area contributed by atoms with E-state index in [1.54, 1.807) is 29.3 Å². The third-order valence-electron chi connectivity index (χ3n) is 4.80. The summed E-state index contributed by atoms with van der Waals surface area (Å²) in [6, 6.07) is 10.2. The van der Waals surface area contributed by atoms with Gasteiger partial charge in [0.25, 0.3) is 0 Å². The van der Waals surface area contributed by atoms with Crippen LogP contribution in [0.5, 0.6) is 0 Å². The van der Waals surface area contributed by atoms with Crippen LogP contribution in [0.25, 0.3) is 11.4 Å². The van der Waals surface area contributed by atoms with E-state index in [9.17, 15) is 13.2 Å². The molecule has 0 saturated carbocycles. The van der Waals surface area contributed by atoms with Gasteiger partial charge in [0.15, 0.2) is 0 Å². The summed E-state index contributed by atoms with van der Waals surface area (Å²) in [5.41, 5.74) is 3.57. The minimum absolute atomic E-state index is 0.470. The molecule has 5 nitrogen and oxygen atoms in total. The van der Waals surface area contributed by atoms with Gasteiger partial charge in [-0.05, 0) is 48.4 Å². The van der Waals surface area contributed by atoms with E-state index in [1.807, 2.05) is 10.6 Å². The van der Waals surface area contributed by atoms with Crippen LogP contribution < -0.4 is 0 Å². The van der Waals surface area contributed by atoms with Gasteiger partial charge in [-0.1, -0.05) is 22.7 Å². The van der Waals surface area contributed by atoms with Gasteiger partial charge in [-0.25, -0.2) is 9.67 Å². The second-order valence-electron chi connectivity index (χ2n) is 6.68. The highest BCUT2D eigenvalue weighted by Crippen LogP contribution is 2.31. The molecule has 0 fully saturated rings. The van der Waals surface area contributed by atoms with Gasteiger partial charge in [-0.2, -0.15) is 13.2 Å². The van der Waals surface area contributed by atoms with Gasteiger partial charge in [0.2, 0.25) is 0 Å². The monoisotopic (exact) mass is 425 g/mol. The third kappa shape index (κ3) is 3.13. The van der Waals surface area contributed by atoms with Gasteiger partial charge < -0.3 is 0 Å². The molecule has 4 aromatic rings. The van der Waals surface area contributed by atoms with E-state index in [0.717, 1.165) is 34.9 Å². The van der Waals surface area contributed by atoms with Crippen molar-refractivity contribution in [2.24, 2.45) is 0 Å². The number of alkyl halides is 3. The smallest absolute Gasteiger partial charge is 0.299 e. The van der Waals surface area contributed by atoms with Crippen molar-refractivity contribution < 1.29 is 13.2 Å². The summed E-state index contributed by atoms with van der Waals surface area (Å²) in [4.78, 5) is 4.42. The predicted octanol–water partition coefficient (Wildman–Crippen LogP) is 4.43. The fourth-order valence-electron chi connectivity index (χ4n) is 3.35. The fraction of sp³-hybridized carbons (Fsp3) is 0.0952. The first-order valence-corrected chi connectivity index (χ1v) is 9.23. The lowest BCUT2D eigenvalue weighted by molar-refractivity contribution is -0.137. The van der Waals surface area contributed by atoms with Gasteiger partial charge in [0.05, 0.1) is 34.5 Å². The number of fused-ring (bicyclic) bond motifs is 5. The number of benzene rings is 2. The Balaban J connectivity index is 1.57. The number of rotatable bonds is 0. The average Bonchev–Trinajstić information content (AvgIpc) is 3.31. The molecule has 3 heterocycles. The molecule has 30 heavy (non-hydrogen) atoms. The molecule has 0 saturated heterocycles. The van der Waals surface area contributed by atoms with Crippen molar-refractivity contribution in [1.82, 2.24) is 24.5 Å². The molecule has 0 unspecified atom stereocenters. The molecule has 0 aliphatic carbocycles. The number of hydrogen-bond acceptors (Lipinski definition) is 3. The van der Waals surface area contributed by atoms with E-state index in [0.29, 0.717) is 22.7 Å². The predicted molar refractivity (Wildman–Crippen MR) is 104 cm³/mol. The van der Waals surface area contributed by atoms with Crippen molar-refractivity contribution in [2.75, 3.05) is 0 Å². The van der Waals surface area contributed by atoms with Crippen molar-refractivity contribution in [3.8, 4) is 23.2 Å². The summed E-state index contributed by atoms with van der Waals surface area (Å²) in [6.45, 7) is 0. The number of nitrogens with zero attached hydrogens (tertiary/aromatic N) is 5. The molecule has 0 atom stereocenters. The van der Waals surface area contributed by atoms with E-state index >= 15 is 0 Å². The number of aromatic nitrogens is 5. The molecule has 148 valence electrons. The molecule has 2 aromatic carbocycles. The summed E-state index contributed by atoms with van der Waals surface area (Å²) in [5.74, 6) is 5.88. The van der Waals surface area contributed by atoms with Crippen molar-refractivity contribution >= 4 is 11.6 Å². The molecule has 0 radical (unpaired) electrons. The van der Waals surface area contributed by atoms with Crippen molar-refractivity contribution in [3.05, 3.63) is 88.2 Å². The lowest BCUT2D eigenvalue weighted by Crippen LogP contribution is -2.04. The Morgan fingerprint density at radius 3 is 2.57 bits per heavy atom. The maximum atomic E-state index is 12.7. The first-order valence-electron chi connectivity index (χ1n) is 8.85. The zero-order valence-electron chi connectivity index (χ0n) is 15.2. The van der Waals surface area contributed by atoms with Gasteiger partial charge in [-0.15, -0.1) is 5.10 Å². The molecule has 9 heteroatoms. The van der Waals surface area contributed by atoms with Crippen molar-refractivity contribution in [2.45, 2.75) is 12.6 Å². The second-order valence-corrected chi connectivity index (χ2v) is 7.12. The quantitative estimate of drug-likeness (QED) is 0.345.